The summed E-state index contributed by atoms with van der Waals surface area (Å²) in [5, 5.41) is 7.54. The maximum Gasteiger partial charge on any atom is 0.313 e. The molecule has 1 aliphatic rings. The van der Waals surface area contributed by atoms with Gasteiger partial charge in [-0.2, -0.15) is 8.42 Å². The fourth-order valence-electron chi connectivity index (χ4n) is 4.29. The van der Waals surface area contributed by atoms with Crippen LogP contribution in [0.2, 0.25) is 0 Å². The van der Waals surface area contributed by atoms with Crippen LogP contribution >= 0.6 is 12.4 Å². The molecule has 1 amide bonds. The Balaban J connectivity index is 0.00000342. The molecular weight excluding hydrogens is 486 g/mol. The van der Waals surface area contributed by atoms with Gasteiger partial charge in [-0.05, 0) is 65.8 Å². The van der Waals surface area contributed by atoms with Crippen molar-refractivity contribution in [1.29, 1.82) is 5.41 Å². The van der Waals surface area contributed by atoms with Crippen molar-refractivity contribution in [3.8, 4) is 11.1 Å². The lowest BCUT2D eigenvalue weighted by Crippen LogP contribution is -2.43. The number of nitrogens with one attached hydrogen (secondary N) is 1. The van der Waals surface area contributed by atoms with Gasteiger partial charge in [-0.15, -0.1) is 16.8 Å². The van der Waals surface area contributed by atoms with Gasteiger partial charge < -0.3 is 11.5 Å². The van der Waals surface area contributed by atoms with Gasteiger partial charge in [-0.3, -0.25) is 15.1 Å². The minimum absolute atomic E-state index is 0. The zero-order valence-corrected chi connectivity index (χ0v) is 20.5. The number of amides is 1. The first-order chi connectivity index (χ1) is 16.3. The summed E-state index contributed by atoms with van der Waals surface area (Å²) in [7, 11) is -2.63. The first-order valence-corrected chi connectivity index (χ1v) is 11.9. The van der Waals surface area contributed by atoms with Crippen LogP contribution in [0.4, 0.5) is 11.4 Å². The second-order valence-corrected chi connectivity index (χ2v) is 8.80. The monoisotopic (exact) mass is 511 g/mol. The number of fused-ring (bicyclic) bond motifs is 1. The molecule has 1 heterocycles. The Morgan fingerprint density at radius 1 is 1.06 bits per heavy atom. The van der Waals surface area contributed by atoms with E-state index in [-0.39, 0.29) is 30.6 Å². The highest BCUT2D eigenvalue weighted by Crippen LogP contribution is 2.35. The SMILES string of the molecule is Cl.N=C(N)c1ccc(CCC(=O)N2c3ccc(-c4ccccc4)cc3CCC2N=S(=O)=O)cc1N. The molecule has 1 atom stereocenters. The van der Waals surface area contributed by atoms with Crippen molar-refractivity contribution < 1.29 is 13.2 Å². The van der Waals surface area contributed by atoms with E-state index in [0.29, 0.717) is 36.2 Å². The third-order valence-electron chi connectivity index (χ3n) is 5.93. The number of nitrogen functional groups attached to an aromatic ring is 2. The summed E-state index contributed by atoms with van der Waals surface area (Å²) in [6, 6.07) is 21.0. The van der Waals surface area contributed by atoms with E-state index in [1.807, 2.05) is 42.5 Å². The van der Waals surface area contributed by atoms with E-state index >= 15 is 0 Å². The number of carbonyl (C=O) groups excluding carboxylic acids is 1. The molecular formula is C25H26ClN5O3S. The Morgan fingerprint density at radius 2 is 1.80 bits per heavy atom. The molecule has 5 N–H and O–H groups in total. The molecule has 0 saturated carbocycles. The van der Waals surface area contributed by atoms with Crippen LogP contribution in [0, 0.1) is 5.41 Å². The zero-order chi connectivity index (χ0) is 24.2. The van der Waals surface area contributed by atoms with Crippen LogP contribution in [0.1, 0.15) is 29.5 Å². The fourth-order valence-corrected chi connectivity index (χ4v) is 4.69. The molecule has 4 rings (SSSR count). The number of anilines is 2. The van der Waals surface area contributed by atoms with Gasteiger partial charge >= 0.3 is 10.5 Å². The first kappa shape index (κ1) is 25.9. The maximum absolute atomic E-state index is 13.3. The maximum atomic E-state index is 13.3. The second kappa shape index (κ2) is 11.2. The van der Waals surface area contributed by atoms with Crippen molar-refractivity contribution in [1.82, 2.24) is 0 Å². The quantitative estimate of drug-likeness (QED) is 0.261. The summed E-state index contributed by atoms with van der Waals surface area (Å²) in [5.41, 5.74) is 16.9. The van der Waals surface area contributed by atoms with Crippen LogP contribution in [-0.2, 0) is 28.1 Å². The number of rotatable bonds is 6. The van der Waals surface area contributed by atoms with Gasteiger partial charge in [0.25, 0.3) is 0 Å². The number of aryl methyl sites for hydroxylation is 2. The zero-order valence-electron chi connectivity index (χ0n) is 18.8. The van der Waals surface area contributed by atoms with Crippen LogP contribution < -0.4 is 16.4 Å². The Bertz CT molecular complexity index is 1390. The molecule has 8 nitrogen and oxygen atoms in total. The van der Waals surface area contributed by atoms with E-state index in [1.165, 1.54) is 4.90 Å². The lowest BCUT2D eigenvalue weighted by atomic mass is 9.94. The number of amidine groups is 1. The third kappa shape index (κ3) is 5.87. The van der Waals surface area contributed by atoms with Crippen molar-refractivity contribution in [2.75, 3.05) is 10.6 Å². The van der Waals surface area contributed by atoms with E-state index in [1.54, 1.807) is 18.2 Å². The molecule has 0 aromatic heterocycles. The number of benzene rings is 3. The van der Waals surface area contributed by atoms with Gasteiger partial charge in [0.05, 0.1) is 0 Å². The van der Waals surface area contributed by atoms with Crippen molar-refractivity contribution in [3.63, 3.8) is 0 Å². The Kier molecular flexibility index (Phi) is 8.26. The summed E-state index contributed by atoms with van der Waals surface area (Å²) in [4.78, 5) is 14.8. The van der Waals surface area contributed by atoms with Gasteiger partial charge in [0.2, 0.25) is 5.91 Å². The fraction of sp³-hybridized carbons (Fsp3) is 0.200. The predicted octanol–water partition coefficient (Wildman–Crippen LogP) is 3.94. The topological polar surface area (TPSA) is 143 Å². The molecule has 1 aliphatic heterocycles. The van der Waals surface area contributed by atoms with Crippen LogP contribution in [0.5, 0.6) is 0 Å². The summed E-state index contributed by atoms with van der Waals surface area (Å²) in [5.74, 6) is -0.336. The molecule has 1 unspecified atom stereocenters. The third-order valence-corrected chi connectivity index (χ3v) is 6.34. The van der Waals surface area contributed by atoms with Crippen LogP contribution in [-0.4, -0.2) is 26.3 Å². The largest absolute Gasteiger partial charge is 0.398 e. The molecule has 0 spiro atoms. The van der Waals surface area contributed by atoms with Crippen LogP contribution in [0.15, 0.2) is 71.1 Å². The molecule has 0 aliphatic carbocycles. The molecule has 0 fully saturated rings. The van der Waals surface area contributed by atoms with E-state index < -0.39 is 16.7 Å². The normalized spacial score (nSPS) is 14.4. The predicted molar refractivity (Wildman–Crippen MR) is 140 cm³/mol. The molecule has 0 bridgehead atoms. The number of hydrogen-bond donors (Lipinski definition) is 3. The average molecular weight is 512 g/mol. The lowest BCUT2D eigenvalue weighted by Gasteiger charge is -2.34. The summed E-state index contributed by atoms with van der Waals surface area (Å²) in [6.45, 7) is 0. The Hall–Kier alpha value is -3.69. The smallest absolute Gasteiger partial charge is 0.313 e. The molecule has 3 aromatic carbocycles. The summed E-state index contributed by atoms with van der Waals surface area (Å²) in [6.07, 6.45) is 0.823. The van der Waals surface area contributed by atoms with E-state index in [4.69, 9.17) is 16.9 Å². The summed E-state index contributed by atoms with van der Waals surface area (Å²) < 4.78 is 26.5. The van der Waals surface area contributed by atoms with Crippen molar-refractivity contribution in [2.45, 2.75) is 31.8 Å². The molecule has 3 aromatic rings. The Morgan fingerprint density at radius 3 is 2.46 bits per heavy atom. The van der Waals surface area contributed by atoms with Gasteiger partial charge in [0.15, 0.2) is 0 Å². The number of nitrogens with two attached hydrogens (primary N) is 2. The minimum atomic E-state index is -2.63. The number of carbonyl (C=O) groups is 1. The molecule has 182 valence electrons. The second-order valence-electron chi connectivity index (χ2n) is 8.15. The van der Waals surface area contributed by atoms with E-state index in [2.05, 4.69) is 10.4 Å². The first-order valence-electron chi connectivity index (χ1n) is 10.9. The molecule has 0 saturated heterocycles. The van der Waals surface area contributed by atoms with E-state index in [0.717, 1.165) is 22.3 Å². The standard InChI is InChI=1S/C25H25N5O3S.ClH/c26-21-14-16(6-10-20(21)25(27)28)7-13-24(31)30-22-11-8-18(17-4-2-1-3-5-17)15-19(22)9-12-23(30)29-34(32)33;/h1-6,8,10-11,14-15,23H,7,9,12-13,26H2,(H3,27,28);1H. The van der Waals surface area contributed by atoms with Gasteiger partial charge in [-0.25, -0.2) is 0 Å². The van der Waals surface area contributed by atoms with Gasteiger partial charge in [0.1, 0.15) is 12.0 Å². The highest BCUT2D eigenvalue weighted by molar-refractivity contribution is 7.61. The highest BCUT2D eigenvalue weighted by atomic mass is 35.5. The number of nitrogens with zero attached hydrogens (tertiary/aromatic N) is 2. The van der Waals surface area contributed by atoms with Crippen molar-refractivity contribution in [3.05, 3.63) is 83.4 Å². The van der Waals surface area contributed by atoms with Crippen molar-refractivity contribution >= 4 is 46.0 Å². The molecule has 35 heavy (non-hydrogen) atoms. The molecule has 0 radical (unpaired) electrons. The van der Waals surface area contributed by atoms with E-state index in [9.17, 15) is 13.2 Å². The summed E-state index contributed by atoms with van der Waals surface area (Å²) >= 11 is 0. The van der Waals surface area contributed by atoms with Crippen LogP contribution in [0.25, 0.3) is 11.1 Å². The number of halogens is 1. The highest BCUT2D eigenvalue weighted by Gasteiger charge is 2.31. The van der Waals surface area contributed by atoms with Gasteiger partial charge in [0, 0.05) is 23.4 Å². The number of hydrogen-bond acceptors (Lipinski definition) is 6. The average Bonchev–Trinajstić information content (AvgIpc) is 2.82. The lowest BCUT2D eigenvalue weighted by molar-refractivity contribution is -0.119. The van der Waals surface area contributed by atoms with Crippen LogP contribution in [0.3, 0.4) is 0 Å². The minimum Gasteiger partial charge on any atom is -0.398 e. The van der Waals surface area contributed by atoms with Gasteiger partial charge in [-0.1, -0.05) is 42.5 Å². The Labute approximate surface area is 211 Å². The molecule has 10 heteroatoms. The van der Waals surface area contributed by atoms with Crippen molar-refractivity contribution in [2.24, 2.45) is 10.1 Å².